The van der Waals surface area contributed by atoms with Crippen molar-refractivity contribution in [1.82, 2.24) is 0 Å². The molecule has 0 heterocycles. The van der Waals surface area contributed by atoms with Crippen LogP contribution in [0.25, 0.3) is 5.57 Å². The Labute approximate surface area is 102 Å². The van der Waals surface area contributed by atoms with Crippen LogP contribution in [0, 0.1) is 5.41 Å². The summed E-state index contributed by atoms with van der Waals surface area (Å²) in [6.07, 6.45) is 6.01. The van der Waals surface area contributed by atoms with E-state index in [1.807, 2.05) is 12.1 Å². The molecule has 1 saturated carbocycles. The van der Waals surface area contributed by atoms with Crippen LogP contribution in [-0.4, -0.2) is 0 Å². The van der Waals surface area contributed by atoms with Crippen molar-refractivity contribution in [3.05, 3.63) is 34.9 Å². The highest BCUT2D eigenvalue weighted by Gasteiger charge is 2.37. The zero-order valence-corrected chi connectivity index (χ0v) is 10.6. The molecule has 0 unspecified atom stereocenters. The number of hydrogen-bond acceptors (Lipinski definition) is 1. The second-order valence-corrected chi connectivity index (χ2v) is 5.44. The number of allylic oxidation sites excluding steroid dienone is 2. The van der Waals surface area contributed by atoms with Crippen molar-refractivity contribution in [2.24, 2.45) is 5.41 Å². The van der Waals surface area contributed by atoms with Crippen molar-refractivity contribution in [2.75, 3.05) is 5.73 Å². The average molecular weight is 236 g/mol. The highest BCUT2D eigenvalue weighted by atomic mass is 35.5. The van der Waals surface area contributed by atoms with Gasteiger partial charge in [0.1, 0.15) is 0 Å². The molecule has 1 fully saturated rings. The quantitative estimate of drug-likeness (QED) is 0.767. The zero-order chi connectivity index (χ0) is 11.8. The van der Waals surface area contributed by atoms with E-state index in [2.05, 4.69) is 26.0 Å². The lowest BCUT2D eigenvalue weighted by molar-refractivity contribution is 0.593. The molecule has 0 atom stereocenters. The standard InChI is InChI=1S/C14H18ClN/c1-3-10(9-14(2)6-7-14)11-4-5-12(15)13(16)8-11/h3-5,8H,6-7,9,16H2,1-2H3/b10-3+. The number of benzene rings is 1. The number of hydrogen-bond donors (Lipinski definition) is 1. The number of nitrogens with two attached hydrogens (primary N) is 1. The molecule has 0 bridgehead atoms. The lowest BCUT2D eigenvalue weighted by atomic mass is 9.93. The van der Waals surface area contributed by atoms with Gasteiger partial charge < -0.3 is 5.73 Å². The summed E-state index contributed by atoms with van der Waals surface area (Å²) < 4.78 is 0. The minimum absolute atomic E-state index is 0.524. The molecule has 2 N–H and O–H groups in total. The van der Waals surface area contributed by atoms with Gasteiger partial charge in [0.05, 0.1) is 10.7 Å². The van der Waals surface area contributed by atoms with Gasteiger partial charge in [-0.2, -0.15) is 0 Å². The smallest absolute Gasteiger partial charge is 0.0635 e. The van der Waals surface area contributed by atoms with E-state index >= 15 is 0 Å². The van der Waals surface area contributed by atoms with E-state index in [-0.39, 0.29) is 0 Å². The molecule has 0 aliphatic heterocycles. The Bertz CT molecular complexity index is 430. The molecule has 1 nitrogen and oxygen atoms in total. The number of halogens is 1. The third-order valence-electron chi connectivity index (χ3n) is 3.44. The van der Waals surface area contributed by atoms with Crippen molar-refractivity contribution < 1.29 is 0 Å². The van der Waals surface area contributed by atoms with E-state index in [1.165, 1.54) is 24.0 Å². The summed E-state index contributed by atoms with van der Waals surface area (Å²) in [4.78, 5) is 0. The Balaban J connectivity index is 2.23. The average Bonchev–Trinajstić information content (AvgIpc) is 2.98. The second kappa shape index (κ2) is 4.14. The molecular formula is C14H18ClN. The van der Waals surface area contributed by atoms with Crippen molar-refractivity contribution >= 4 is 22.9 Å². The van der Waals surface area contributed by atoms with Gasteiger partial charge in [-0.3, -0.25) is 0 Å². The molecule has 0 amide bonds. The molecule has 1 aromatic rings. The van der Waals surface area contributed by atoms with E-state index in [1.54, 1.807) is 0 Å². The van der Waals surface area contributed by atoms with E-state index in [9.17, 15) is 0 Å². The monoisotopic (exact) mass is 235 g/mol. The first-order valence-corrected chi connectivity index (χ1v) is 6.12. The van der Waals surface area contributed by atoms with E-state index in [4.69, 9.17) is 17.3 Å². The highest BCUT2D eigenvalue weighted by molar-refractivity contribution is 6.33. The van der Waals surface area contributed by atoms with Crippen LogP contribution in [-0.2, 0) is 0 Å². The van der Waals surface area contributed by atoms with Crippen molar-refractivity contribution in [3.63, 3.8) is 0 Å². The number of anilines is 1. The first-order chi connectivity index (χ1) is 7.54. The third kappa shape index (κ3) is 2.41. The minimum atomic E-state index is 0.524. The van der Waals surface area contributed by atoms with E-state index in [0.29, 0.717) is 16.1 Å². The molecular weight excluding hydrogens is 218 g/mol. The van der Waals surface area contributed by atoms with Gasteiger partial charge in [0, 0.05) is 0 Å². The topological polar surface area (TPSA) is 26.0 Å². The van der Waals surface area contributed by atoms with Crippen LogP contribution in [0.1, 0.15) is 38.7 Å². The Kier molecular flexibility index (Phi) is 2.98. The van der Waals surface area contributed by atoms with Gasteiger partial charge in [0.2, 0.25) is 0 Å². The van der Waals surface area contributed by atoms with Gasteiger partial charge in [-0.1, -0.05) is 30.7 Å². The summed E-state index contributed by atoms with van der Waals surface area (Å²) in [5.41, 5.74) is 9.61. The fraction of sp³-hybridized carbons (Fsp3) is 0.429. The van der Waals surface area contributed by atoms with Crippen LogP contribution in [0.15, 0.2) is 24.3 Å². The minimum Gasteiger partial charge on any atom is -0.398 e. The molecule has 1 aliphatic carbocycles. The van der Waals surface area contributed by atoms with Crippen molar-refractivity contribution in [3.8, 4) is 0 Å². The lowest BCUT2D eigenvalue weighted by Crippen LogP contribution is -1.97. The fourth-order valence-corrected chi connectivity index (χ4v) is 2.08. The lowest BCUT2D eigenvalue weighted by Gasteiger charge is -2.13. The molecule has 2 heteroatoms. The molecule has 0 aromatic heterocycles. The molecule has 0 saturated heterocycles. The Morgan fingerprint density at radius 1 is 1.50 bits per heavy atom. The molecule has 0 radical (unpaired) electrons. The summed E-state index contributed by atoms with van der Waals surface area (Å²) in [7, 11) is 0. The summed E-state index contributed by atoms with van der Waals surface area (Å²) in [5.74, 6) is 0. The summed E-state index contributed by atoms with van der Waals surface area (Å²) in [5, 5.41) is 0.636. The molecule has 1 aliphatic rings. The van der Waals surface area contributed by atoms with Crippen LogP contribution in [0.3, 0.4) is 0 Å². The third-order valence-corrected chi connectivity index (χ3v) is 3.78. The predicted octanol–water partition coefficient (Wildman–Crippen LogP) is 4.52. The highest BCUT2D eigenvalue weighted by Crippen LogP contribution is 2.51. The summed E-state index contributed by atoms with van der Waals surface area (Å²) in [6.45, 7) is 4.43. The van der Waals surface area contributed by atoms with Crippen LogP contribution in [0.4, 0.5) is 5.69 Å². The first-order valence-electron chi connectivity index (χ1n) is 5.75. The Morgan fingerprint density at radius 2 is 2.19 bits per heavy atom. The zero-order valence-electron chi connectivity index (χ0n) is 9.89. The normalized spacial score (nSPS) is 18.6. The number of rotatable bonds is 3. The molecule has 16 heavy (non-hydrogen) atoms. The number of nitrogen functional groups attached to an aromatic ring is 1. The van der Waals surface area contributed by atoms with Crippen LogP contribution < -0.4 is 5.73 Å². The SMILES string of the molecule is C/C=C(\CC1(C)CC1)c1ccc(Cl)c(N)c1. The van der Waals surface area contributed by atoms with Gasteiger partial charge in [-0.15, -0.1) is 0 Å². The predicted molar refractivity (Wildman–Crippen MR) is 71.5 cm³/mol. The van der Waals surface area contributed by atoms with Gasteiger partial charge >= 0.3 is 0 Å². The van der Waals surface area contributed by atoms with E-state index < -0.39 is 0 Å². The maximum atomic E-state index is 5.93. The van der Waals surface area contributed by atoms with Crippen molar-refractivity contribution in [2.45, 2.75) is 33.1 Å². The first kappa shape index (κ1) is 11.5. The summed E-state index contributed by atoms with van der Waals surface area (Å²) in [6, 6.07) is 5.91. The van der Waals surface area contributed by atoms with E-state index in [0.717, 1.165) is 6.42 Å². The molecule has 86 valence electrons. The van der Waals surface area contributed by atoms with Crippen LogP contribution >= 0.6 is 11.6 Å². The van der Waals surface area contributed by atoms with Gasteiger partial charge in [-0.25, -0.2) is 0 Å². The Morgan fingerprint density at radius 3 is 2.69 bits per heavy atom. The second-order valence-electron chi connectivity index (χ2n) is 5.04. The van der Waals surface area contributed by atoms with Crippen LogP contribution in [0.5, 0.6) is 0 Å². The summed E-state index contributed by atoms with van der Waals surface area (Å²) >= 11 is 5.93. The largest absolute Gasteiger partial charge is 0.398 e. The molecule has 0 spiro atoms. The molecule has 1 aromatic carbocycles. The fourth-order valence-electron chi connectivity index (χ4n) is 1.96. The molecule has 2 rings (SSSR count). The van der Waals surface area contributed by atoms with Gasteiger partial charge in [0.15, 0.2) is 0 Å². The van der Waals surface area contributed by atoms with Gasteiger partial charge in [-0.05, 0) is 54.9 Å². The van der Waals surface area contributed by atoms with Crippen LogP contribution in [0.2, 0.25) is 5.02 Å². The maximum Gasteiger partial charge on any atom is 0.0635 e. The van der Waals surface area contributed by atoms with Crippen molar-refractivity contribution in [1.29, 1.82) is 0 Å². The maximum absolute atomic E-state index is 5.93. The van der Waals surface area contributed by atoms with Gasteiger partial charge in [0.25, 0.3) is 0 Å². The Hall–Kier alpha value is -0.950.